The molecule has 0 bridgehead atoms. The molecule has 0 aliphatic carbocycles. The van der Waals surface area contributed by atoms with Gasteiger partial charge in [-0.05, 0) is 77.0 Å². The molecule has 0 saturated carbocycles. The molecule has 29 heavy (non-hydrogen) atoms. The molecule has 0 heterocycles. The fraction of sp³-hybridized carbons (Fsp3) is 0.130. The SMILES string of the molecule is O=C(CCc1ccccc1)Nc1cccc(NC(=O)CNc2ccc(I)cc2)c1. The van der Waals surface area contributed by atoms with Crippen molar-refractivity contribution in [3.05, 3.63) is 88.0 Å². The molecule has 5 nitrogen and oxygen atoms in total. The quantitative estimate of drug-likeness (QED) is 0.386. The van der Waals surface area contributed by atoms with Crippen LogP contribution in [-0.2, 0) is 16.0 Å². The van der Waals surface area contributed by atoms with Crippen LogP contribution in [0.15, 0.2) is 78.9 Å². The highest BCUT2D eigenvalue weighted by Crippen LogP contribution is 2.16. The van der Waals surface area contributed by atoms with Gasteiger partial charge in [0.05, 0.1) is 6.54 Å². The Morgan fingerprint density at radius 2 is 1.38 bits per heavy atom. The van der Waals surface area contributed by atoms with E-state index in [1.54, 1.807) is 24.3 Å². The first-order valence-electron chi connectivity index (χ1n) is 9.31. The molecule has 0 saturated heterocycles. The van der Waals surface area contributed by atoms with Crippen LogP contribution >= 0.6 is 22.6 Å². The first-order chi connectivity index (χ1) is 14.1. The minimum absolute atomic E-state index is 0.0577. The van der Waals surface area contributed by atoms with Crippen LogP contribution in [0.2, 0.25) is 0 Å². The number of hydrogen-bond donors (Lipinski definition) is 3. The molecule has 3 N–H and O–H groups in total. The van der Waals surface area contributed by atoms with E-state index in [0.29, 0.717) is 24.2 Å². The first-order valence-corrected chi connectivity index (χ1v) is 10.4. The molecule has 6 heteroatoms. The summed E-state index contributed by atoms with van der Waals surface area (Å²) < 4.78 is 1.14. The number of carbonyl (C=O) groups excluding carboxylic acids is 2. The lowest BCUT2D eigenvalue weighted by Crippen LogP contribution is -2.21. The van der Waals surface area contributed by atoms with Crippen LogP contribution in [0.3, 0.4) is 0 Å². The fourth-order valence-corrected chi connectivity index (χ4v) is 3.12. The van der Waals surface area contributed by atoms with Gasteiger partial charge < -0.3 is 16.0 Å². The summed E-state index contributed by atoms with van der Waals surface area (Å²) in [6.07, 6.45) is 1.09. The Hall–Kier alpha value is -2.87. The van der Waals surface area contributed by atoms with Gasteiger partial charge in [0.15, 0.2) is 0 Å². The summed E-state index contributed by atoms with van der Waals surface area (Å²) in [4.78, 5) is 24.4. The van der Waals surface area contributed by atoms with Gasteiger partial charge in [0.25, 0.3) is 0 Å². The van der Waals surface area contributed by atoms with Crippen molar-refractivity contribution >= 4 is 51.5 Å². The van der Waals surface area contributed by atoms with E-state index in [1.807, 2.05) is 54.6 Å². The average molecular weight is 499 g/mol. The van der Waals surface area contributed by atoms with Crippen LogP contribution in [-0.4, -0.2) is 18.4 Å². The summed E-state index contributed by atoms with van der Waals surface area (Å²) in [5.41, 5.74) is 3.32. The molecule has 2 amide bonds. The smallest absolute Gasteiger partial charge is 0.243 e. The van der Waals surface area contributed by atoms with Crippen LogP contribution in [0, 0.1) is 3.57 Å². The number of benzene rings is 3. The summed E-state index contributed by atoms with van der Waals surface area (Å²) in [5.74, 6) is -0.214. The molecule has 0 aromatic heterocycles. The summed E-state index contributed by atoms with van der Waals surface area (Å²) in [5, 5.41) is 8.81. The monoisotopic (exact) mass is 499 g/mol. The van der Waals surface area contributed by atoms with Gasteiger partial charge in [-0.2, -0.15) is 0 Å². The average Bonchev–Trinajstić information content (AvgIpc) is 2.73. The van der Waals surface area contributed by atoms with E-state index in [0.717, 1.165) is 14.8 Å². The maximum Gasteiger partial charge on any atom is 0.243 e. The fourth-order valence-electron chi connectivity index (χ4n) is 2.76. The molecule has 0 aliphatic rings. The standard InChI is InChI=1S/C23H22IN3O2/c24-18-10-12-19(13-11-18)25-16-23(29)27-21-8-4-7-20(15-21)26-22(28)14-9-17-5-2-1-3-6-17/h1-8,10-13,15,25H,9,14,16H2,(H,26,28)(H,27,29). The molecule has 0 aliphatic heterocycles. The van der Waals surface area contributed by atoms with E-state index in [4.69, 9.17) is 0 Å². The zero-order valence-corrected chi connectivity index (χ0v) is 18.0. The van der Waals surface area contributed by atoms with Crippen LogP contribution in [0.5, 0.6) is 0 Å². The van der Waals surface area contributed by atoms with E-state index in [9.17, 15) is 9.59 Å². The maximum absolute atomic E-state index is 12.2. The molecular formula is C23H22IN3O2. The zero-order valence-electron chi connectivity index (χ0n) is 15.8. The number of carbonyl (C=O) groups is 2. The lowest BCUT2D eigenvalue weighted by Gasteiger charge is -2.10. The minimum atomic E-state index is -0.156. The third-order valence-corrected chi connectivity index (χ3v) is 4.93. The molecule has 3 aromatic rings. The van der Waals surface area contributed by atoms with Crippen molar-refractivity contribution in [3.63, 3.8) is 0 Å². The maximum atomic E-state index is 12.2. The molecule has 3 aromatic carbocycles. The van der Waals surface area contributed by atoms with Gasteiger partial charge in [-0.25, -0.2) is 0 Å². The normalized spacial score (nSPS) is 10.2. The van der Waals surface area contributed by atoms with E-state index in [1.165, 1.54) is 0 Å². The van der Waals surface area contributed by atoms with Gasteiger partial charge >= 0.3 is 0 Å². The summed E-state index contributed by atoms with van der Waals surface area (Å²) in [6.45, 7) is 0.161. The van der Waals surface area contributed by atoms with Gasteiger partial charge in [-0.15, -0.1) is 0 Å². The molecule has 0 atom stereocenters. The van der Waals surface area contributed by atoms with Crippen molar-refractivity contribution in [3.8, 4) is 0 Å². The Labute approximate surface area is 184 Å². The van der Waals surface area contributed by atoms with Crippen LogP contribution < -0.4 is 16.0 Å². The number of halogens is 1. The highest BCUT2D eigenvalue weighted by Gasteiger charge is 2.06. The number of nitrogens with one attached hydrogen (secondary N) is 3. The van der Waals surface area contributed by atoms with Gasteiger partial charge in [0.1, 0.15) is 0 Å². The van der Waals surface area contributed by atoms with Gasteiger partial charge in [0.2, 0.25) is 11.8 Å². The number of anilines is 3. The van der Waals surface area contributed by atoms with E-state index >= 15 is 0 Å². The molecule has 0 spiro atoms. The van der Waals surface area contributed by atoms with Gasteiger partial charge in [-0.1, -0.05) is 36.4 Å². The predicted octanol–water partition coefficient (Wildman–Crippen LogP) is 4.91. The molecule has 0 radical (unpaired) electrons. The summed E-state index contributed by atoms with van der Waals surface area (Å²) in [7, 11) is 0. The lowest BCUT2D eigenvalue weighted by atomic mass is 10.1. The van der Waals surface area contributed by atoms with Crippen molar-refractivity contribution in [1.82, 2.24) is 0 Å². The third-order valence-electron chi connectivity index (χ3n) is 4.21. The van der Waals surface area contributed by atoms with E-state index in [-0.39, 0.29) is 18.4 Å². The van der Waals surface area contributed by atoms with Crippen LogP contribution in [0.4, 0.5) is 17.1 Å². The van der Waals surface area contributed by atoms with Crippen molar-refractivity contribution < 1.29 is 9.59 Å². The molecule has 0 unspecified atom stereocenters. The largest absolute Gasteiger partial charge is 0.376 e. The third kappa shape index (κ3) is 7.23. The first kappa shape index (κ1) is 20.9. The second-order valence-corrected chi connectivity index (χ2v) is 7.77. The Balaban J connectivity index is 1.47. The van der Waals surface area contributed by atoms with Crippen molar-refractivity contribution in [2.45, 2.75) is 12.8 Å². The number of aryl methyl sites for hydroxylation is 1. The summed E-state index contributed by atoms with van der Waals surface area (Å²) >= 11 is 2.24. The summed E-state index contributed by atoms with van der Waals surface area (Å²) in [6, 6.07) is 24.9. The van der Waals surface area contributed by atoms with E-state index < -0.39 is 0 Å². The zero-order chi connectivity index (χ0) is 20.5. The second kappa shape index (κ2) is 10.6. The molecule has 148 valence electrons. The van der Waals surface area contributed by atoms with Crippen molar-refractivity contribution in [2.75, 3.05) is 22.5 Å². The lowest BCUT2D eigenvalue weighted by molar-refractivity contribution is -0.116. The topological polar surface area (TPSA) is 70.2 Å². The van der Waals surface area contributed by atoms with Crippen LogP contribution in [0.1, 0.15) is 12.0 Å². The number of amides is 2. The Morgan fingerprint density at radius 3 is 2.07 bits per heavy atom. The molecule has 0 fully saturated rings. The van der Waals surface area contributed by atoms with Gasteiger partial charge in [-0.3, -0.25) is 9.59 Å². The Bertz CT molecular complexity index is 959. The van der Waals surface area contributed by atoms with E-state index in [2.05, 4.69) is 38.5 Å². The molecular weight excluding hydrogens is 477 g/mol. The molecule has 3 rings (SSSR count). The highest BCUT2D eigenvalue weighted by atomic mass is 127. The van der Waals surface area contributed by atoms with Crippen molar-refractivity contribution in [2.24, 2.45) is 0 Å². The highest BCUT2D eigenvalue weighted by molar-refractivity contribution is 14.1. The minimum Gasteiger partial charge on any atom is -0.376 e. The predicted molar refractivity (Wildman–Crippen MR) is 126 cm³/mol. The van der Waals surface area contributed by atoms with Crippen molar-refractivity contribution in [1.29, 1.82) is 0 Å². The number of rotatable bonds is 8. The van der Waals surface area contributed by atoms with Gasteiger partial charge in [0, 0.05) is 27.1 Å². The second-order valence-electron chi connectivity index (χ2n) is 6.52. The Kier molecular flexibility index (Phi) is 7.63. The van der Waals surface area contributed by atoms with Crippen LogP contribution in [0.25, 0.3) is 0 Å². The Morgan fingerprint density at radius 1 is 0.724 bits per heavy atom. The number of hydrogen-bond acceptors (Lipinski definition) is 3.